The Morgan fingerprint density at radius 1 is 1.19 bits per heavy atom. The van der Waals surface area contributed by atoms with Crippen molar-refractivity contribution in [1.29, 1.82) is 0 Å². The van der Waals surface area contributed by atoms with E-state index < -0.39 is 0 Å². The van der Waals surface area contributed by atoms with Crippen LogP contribution >= 0.6 is 35.3 Å². The first-order valence-corrected chi connectivity index (χ1v) is 10.1. The molecule has 0 bridgehead atoms. The van der Waals surface area contributed by atoms with E-state index in [1.165, 1.54) is 15.7 Å². The Balaban J connectivity index is 1.75. The summed E-state index contributed by atoms with van der Waals surface area (Å²) < 4.78 is 7.08. The molecule has 0 saturated carbocycles. The highest BCUT2D eigenvalue weighted by molar-refractivity contribution is 8.39. The molecule has 1 aliphatic rings. The van der Waals surface area contributed by atoms with Gasteiger partial charge in [0.2, 0.25) is 0 Å². The molecule has 1 aromatic rings. The normalized spacial score (nSPS) is 17.4. The lowest BCUT2D eigenvalue weighted by molar-refractivity contribution is 0.322. The molecule has 0 aromatic heterocycles. The highest BCUT2D eigenvalue weighted by Gasteiger charge is 2.13. The molecular formula is C16H23NOS3. The van der Waals surface area contributed by atoms with Gasteiger partial charge < -0.3 is 4.74 Å². The van der Waals surface area contributed by atoms with Crippen molar-refractivity contribution in [2.24, 2.45) is 4.99 Å². The number of rotatable bonds is 7. The molecule has 0 amide bonds. The summed E-state index contributed by atoms with van der Waals surface area (Å²) in [4.78, 5) is 5.78. The molecule has 0 aliphatic carbocycles. The van der Waals surface area contributed by atoms with Gasteiger partial charge in [0.05, 0.1) is 6.54 Å². The van der Waals surface area contributed by atoms with Crippen molar-refractivity contribution >= 4 is 39.7 Å². The predicted molar refractivity (Wildman–Crippen MR) is 99.4 cm³/mol. The Kier molecular flexibility index (Phi) is 7.34. The van der Waals surface area contributed by atoms with Gasteiger partial charge in [0.25, 0.3) is 0 Å². The van der Waals surface area contributed by atoms with Gasteiger partial charge in [0.15, 0.2) is 0 Å². The van der Waals surface area contributed by atoms with E-state index in [0.717, 1.165) is 24.7 Å². The lowest BCUT2D eigenvalue weighted by atomic mass is 10.3. The van der Waals surface area contributed by atoms with Crippen LogP contribution in [0.15, 0.2) is 34.2 Å². The number of thioether (sulfide) groups is 3. The lowest BCUT2D eigenvalue weighted by Gasteiger charge is -2.13. The fraction of sp³-hybridized carbons (Fsp3) is 0.562. The summed E-state index contributed by atoms with van der Waals surface area (Å²) in [5, 5.41) is 1.10. The fourth-order valence-electron chi connectivity index (χ4n) is 1.74. The van der Waals surface area contributed by atoms with E-state index in [4.69, 9.17) is 4.74 Å². The topological polar surface area (TPSA) is 21.6 Å². The minimum atomic E-state index is 0.434. The summed E-state index contributed by atoms with van der Waals surface area (Å²) in [6, 6.07) is 8.45. The van der Waals surface area contributed by atoms with E-state index in [2.05, 4.69) is 50.0 Å². The first kappa shape index (κ1) is 17.1. The van der Waals surface area contributed by atoms with Crippen LogP contribution in [0.2, 0.25) is 0 Å². The summed E-state index contributed by atoms with van der Waals surface area (Å²) in [5.41, 5.74) is 0. The molecule has 2 nitrogen and oxygen atoms in total. The maximum atomic E-state index is 5.87. The highest BCUT2D eigenvalue weighted by atomic mass is 32.2. The average Bonchev–Trinajstić information content (AvgIpc) is 2.99. The number of benzene rings is 1. The number of hydrogen-bond acceptors (Lipinski definition) is 5. The van der Waals surface area contributed by atoms with Crippen molar-refractivity contribution in [3.8, 4) is 5.75 Å². The first-order chi connectivity index (χ1) is 10.2. The molecule has 2 rings (SSSR count). The van der Waals surface area contributed by atoms with Crippen LogP contribution in [0.1, 0.15) is 27.2 Å². The summed E-state index contributed by atoms with van der Waals surface area (Å²) in [6.45, 7) is 8.37. The lowest BCUT2D eigenvalue weighted by Crippen LogP contribution is -2.11. The molecule has 1 aromatic carbocycles. The average molecular weight is 342 g/mol. The molecular weight excluding hydrogens is 318 g/mol. The Morgan fingerprint density at radius 3 is 2.57 bits per heavy atom. The Hall–Kier alpha value is -0.260. The third-order valence-electron chi connectivity index (χ3n) is 3.08. The van der Waals surface area contributed by atoms with Crippen LogP contribution in [0.3, 0.4) is 0 Å². The maximum Gasteiger partial charge on any atom is 0.125 e. The van der Waals surface area contributed by atoms with Crippen molar-refractivity contribution in [2.45, 2.75) is 42.6 Å². The molecule has 2 atom stereocenters. The monoisotopic (exact) mass is 341 g/mol. The van der Waals surface area contributed by atoms with Crippen molar-refractivity contribution in [2.75, 3.05) is 18.9 Å². The quantitative estimate of drug-likeness (QED) is 0.637. The molecule has 0 saturated heterocycles. The van der Waals surface area contributed by atoms with Crippen LogP contribution in [0, 0.1) is 0 Å². The standard InChI is InChI=1S/C16H23NOS3/c1-4-12(2)20-15-7-5-14(6-8-15)18-11-13(3)21-16-17-9-10-19-16/h5-8,12-13H,4,9-11H2,1-3H3. The molecule has 2 unspecified atom stereocenters. The molecule has 0 spiro atoms. The molecule has 1 heterocycles. The summed E-state index contributed by atoms with van der Waals surface area (Å²) in [5.74, 6) is 2.09. The van der Waals surface area contributed by atoms with Crippen molar-refractivity contribution < 1.29 is 4.74 Å². The minimum absolute atomic E-state index is 0.434. The Bertz CT molecular complexity index is 461. The van der Waals surface area contributed by atoms with Gasteiger partial charge in [-0.2, -0.15) is 0 Å². The molecule has 0 N–H and O–H groups in total. The maximum absolute atomic E-state index is 5.87. The zero-order chi connectivity index (χ0) is 15.1. The van der Waals surface area contributed by atoms with E-state index >= 15 is 0 Å². The third-order valence-corrected chi connectivity index (χ3v) is 6.63. The van der Waals surface area contributed by atoms with Crippen LogP contribution in [-0.2, 0) is 0 Å². The molecule has 116 valence electrons. The number of ether oxygens (including phenoxy) is 1. The van der Waals surface area contributed by atoms with Gasteiger partial charge in [-0.25, -0.2) is 0 Å². The van der Waals surface area contributed by atoms with E-state index in [1.807, 2.05) is 35.3 Å². The summed E-state index contributed by atoms with van der Waals surface area (Å²) in [7, 11) is 0. The highest BCUT2D eigenvalue weighted by Crippen LogP contribution is 2.28. The number of hydrogen-bond donors (Lipinski definition) is 0. The van der Waals surface area contributed by atoms with Crippen molar-refractivity contribution in [1.82, 2.24) is 0 Å². The molecule has 0 fully saturated rings. The number of aliphatic imine (C=N–C) groups is 1. The molecule has 21 heavy (non-hydrogen) atoms. The van der Waals surface area contributed by atoms with Crippen molar-refractivity contribution in [3.05, 3.63) is 24.3 Å². The molecule has 0 radical (unpaired) electrons. The van der Waals surface area contributed by atoms with Gasteiger partial charge in [0, 0.05) is 21.1 Å². The first-order valence-electron chi connectivity index (χ1n) is 7.40. The van der Waals surface area contributed by atoms with Gasteiger partial charge in [-0.3, -0.25) is 4.99 Å². The zero-order valence-electron chi connectivity index (χ0n) is 12.9. The van der Waals surface area contributed by atoms with Crippen LogP contribution in [-0.4, -0.2) is 33.8 Å². The van der Waals surface area contributed by atoms with Crippen LogP contribution in [0.25, 0.3) is 0 Å². The predicted octanol–water partition coefficient (Wildman–Crippen LogP) is 5.18. The SMILES string of the molecule is CCC(C)Sc1ccc(OCC(C)SC2=NCCS2)cc1. The smallest absolute Gasteiger partial charge is 0.125 e. The van der Waals surface area contributed by atoms with Crippen LogP contribution < -0.4 is 4.74 Å². The second-order valence-corrected chi connectivity index (χ2v) is 9.32. The molecule has 5 heteroatoms. The minimum Gasteiger partial charge on any atom is -0.492 e. The fourth-order valence-corrected chi connectivity index (χ4v) is 4.86. The van der Waals surface area contributed by atoms with Gasteiger partial charge in [0.1, 0.15) is 16.7 Å². The zero-order valence-corrected chi connectivity index (χ0v) is 15.3. The van der Waals surface area contributed by atoms with E-state index in [1.54, 1.807) is 0 Å². The number of nitrogens with zero attached hydrogens (tertiary/aromatic N) is 1. The van der Waals surface area contributed by atoms with Crippen LogP contribution in [0.4, 0.5) is 0 Å². The van der Waals surface area contributed by atoms with Gasteiger partial charge in [-0.05, 0) is 37.6 Å². The summed E-state index contributed by atoms with van der Waals surface area (Å²) in [6.07, 6.45) is 1.19. The summed E-state index contributed by atoms with van der Waals surface area (Å²) >= 11 is 5.60. The van der Waals surface area contributed by atoms with Gasteiger partial charge >= 0.3 is 0 Å². The van der Waals surface area contributed by atoms with Crippen molar-refractivity contribution in [3.63, 3.8) is 0 Å². The Morgan fingerprint density at radius 2 is 1.95 bits per heavy atom. The second kappa shape index (κ2) is 9.01. The Labute approximate surface area is 140 Å². The van der Waals surface area contributed by atoms with E-state index in [-0.39, 0.29) is 0 Å². The molecule has 1 aliphatic heterocycles. The largest absolute Gasteiger partial charge is 0.492 e. The second-order valence-electron chi connectivity index (χ2n) is 5.04. The van der Waals surface area contributed by atoms with Crippen LogP contribution in [0.5, 0.6) is 5.75 Å². The van der Waals surface area contributed by atoms with E-state index in [0.29, 0.717) is 10.5 Å². The van der Waals surface area contributed by atoms with E-state index in [9.17, 15) is 0 Å². The third kappa shape index (κ3) is 6.17. The van der Waals surface area contributed by atoms with Gasteiger partial charge in [-0.1, -0.05) is 37.4 Å². The van der Waals surface area contributed by atoms with Gasteiger partial charge in [-0.15, -0.1) is 11.8 Å².